The zero-order valence-electron chi connectivity index (χ0n) is 17.3. The highest BCUT2D eigenvalue weighted by Gasteiger charge is 2.61. The van der Waals surface area contributed by atoms with E-state index in [0.29, 0.717) is 17.0 Å². The zero-order chi connectivity index (χ0) is 23.4. The van der Waals surface area contributed by atoms with E-state index >= 15 is 0 Å². The Kier molecular flexibility index (Phi) is 4.32. The van der Waals surface area contributed by atoms with Crippen molar-refractivity contribution in [3.05, 3.63) is 106 Å². The van der Waals surface area contributed by atoms with Crippen molar-refractivity contribution in [2.75, 3.05) is 0 Å². The number of nitrogens with zero attached hydrogens (tertiary/aromatic N) is 6. The molecule has 34 heavy (non-hydrogen) atoms. The lowest BCUT2D eigenvalue weighted by molar-refractivity contribution is -0.384. The summed E-state index contributed by atoms with van der Waals surface area (Å²) in [7, 11) is 0. The molecule has 4 aromatic rings. The van der Waals surface area contributed by atoms with E-state index in [9.17, 15) is 19.7 Å². The first kappa shape index (κ1) is 19.9. The Morgan fingerprint density at radius 1 is 0.941 bits per heavy atom. The molecule has 2 aromatic heterocycles. The van der Waals surface area contributed by atoms with Crippen LogP contribution in [0.2, 0.25) is 0 Å². The van der Waals surface area contributed by atoms with Crippen LogP contribution < -0.4 is 0 Å². The van der Waals surface area contributed by atoms with Crippen molar-refractivity contribution in [1.82, 2.24) is 25.1 Å². The first-order valence-corrected chi connectivity index (χ1v) is 10.3. The van der Waals surface area contributed by atoms with Crippen molar-refractivity contribution >= 4 is 17.5 Å². The Morgan fingerprint density at radius 3 is 2.38 bits per heavy atom. The molecule has 0 spiro atoms. The van der Waals surface area contributed by atoms with Gasteiger partial charge in [0.2, 0.25) is 11.7 Å². The maximum atomic E-state index is 13.1. The summed E-state index contributed by atoms with van der Waals surface area (Å²) in [5.41, 5.74) is 1.65. The second-order valence-corrected chi connectivity index (χ2v) is 7.79. The monoisotopic (exact) mass is 454 g/mol. The first-order chi connectivity index (χ1) is 16.5. The molecule has 6 rings (SSSR count). The molecule has 3 unspecified atom stereocenters. The number of amides is 2. The molecule has 166 valence electrons. The molecule has 2 aliphatic heterocycles. The summed E-state index contributed by atoms with van der Waals surface area (Å²) in [5.74, 6) is -0.488. The number of hydrogen-bond donors (Lipinski definition) is 0. The molecule has 2 amide bonds. The number of imide groups is 1. The highest BCUT2D eigenvalue weighted by molar-refractivity contribution is 6.21. The number of hydrazine groups is 1. The number of nitro groups is 1. The average molecular weight is 454 g/mol. The molecule has 1 saturated heterocycles. The molecule has 0 N–H and O–H groups in total. The normalized spacial score (nSPS) is 20.9. The summed E-state index contributed by atoms with van der Waals surface area (Å²) in [4.78, 5) is 45.6. The van der Waals surface area contributed by atoms with Crippen LogP contribution in [0.3, 0.4) is 0 Å². The topological polar surface area (TPSA) is 135 Å². The van der Waals surface area contributed by atoms with Crippen molar-refractivity contribution in [3.8, 4) is 11.4 Å². The summed E-state index contributed by atoms with van der Waals surface area (Å²) in [5, 5.41) is 17.9. The van der Waals surface area contributed by atoms with Gasteiger partial charge >= 0.3 is 0 Å². The van der Waals surface area contributed by atoms with Crippen molar-refractivity contribution < 1.29 is 19.0 Å². The van der Waals surface area contributed by atoms with Gasteiger partial charge in [0.05, 0.1) is 22.1 Å². The van der Waals surface area contributed by atoms with E-state index in [1.165, 1.54) is 17.1 Å². The highest BCUT2D eigenvalue weighted by Crippen LogP contribution is 2.56. The standard InChI is InChI=1S/C23H14N6O5/c30-22-16-8-1-2-9-17(16)23(31)28(22)27-18(13-5-3-7-15(11-13)29(32)33)19(27)21-25-20(26-34-21)14-6-4-10-24-12-14/h1-12,18-19H. The lowest BCUT2D eigenvalue weighted by atomic mass is 10.1. The minimum Gasteiger partial charge on any atom is -0.337 e. The van der Waals surface area contributed by atoms with E-state index in [1.807, 2.05) is 0 Å². The molecule has 4 heterocycles. The van der Waals surface area contributed by atoms with E-state index in [4.69, 9.17) is 4.52 Å². The Hall–Kier alpha value is -4.77. The fourth-order valence-corrected chi connectivity index (χ4v) is 4.23. The third-order valence-corrected chi connectivity index (χ3v) is 5.82. The number of benzene rings is 2. The molecular formula is C23H14N6O5. The third kappa shape index (κ3) is 2.98. The van der Waals surface area contributed by atoms with Gasteiger partial charge < -0.3 is 4.52 Å². The molecule has 0 saturated carbocycles. The number of non-ortho nitro benzene ring substituents is 1. The van der Waals surface area contributed by atoms with Crippen molar-refractivity contribution in [2.24, 2.45) is 0 Å². The molecule has 2 aromatic carbocycles. The van der Waals surface area contributed by atoms with Crippen LogP contribution in [0, 0.1) is 10.1 Å². The summed E-state index contributed by atoms with van der Waals surface area (Å²) in [6, 6.07) is 14.8. The quantitative estimate of drug-likeness (QED) is 0.192. The molecule has 11 heteroatoms. The number of carbonyl (C=O) groups is 2. The molecule has 11 nitrogen and oxygen atoms in total. The molecule has 0 radical (unpaired) electrons. The molecule has 0 bridgehead atoms. The smallest absolute Gasteiger partial charge is 0.276 e. The van der Waals surface area contributed by atoms with Crippen molar-refractivity contribution in [2.45, 2.75) is 12.1 Å². The lowest BCUT2D eigenvalue weighted by Crippen LogP contribution is -2.35. The fourth-order valence-electron chi connectivity index (χ4n) is 4.23. The van der Waals surface area contributed by atoms with E-state index in [1.54, 1.807) is 60.9 Å². The number of aromatic nitrogens is 3. The average Bonchev–Trinajstić information content (AvgIpc) is 3.27. The first-order valence-electron chi connectivity index (χ1n) is 10.3. The minimum atomic E-state index is -0.665. The molecule has 1 fully saturated rings. The highest BCUT2D eigenvalue weighted by atomic mass is 16.6. The Bertz CT molecular complexity index is 1430. The van der Waals surface area contributed by atoms with Crippen molar-refractivity contribution in [1.29, 1.82) is 0 Å². The van der Waals surface area contributed by atoms with Crippen LogP contribution in [0.25, 0.3) is 11.4 Å². The number of pyridine rings is 1. The zero-order valence-corrected chi connectivity index (χ0v) is 17.3. The van der Waals surface area contributed by atoms with Gasteiger partial charge in [-0.25, -0.2) is 5.01 Å². The van der Waals surface area contributed by atoms with Crippen molar-refractivity contribution in [3.63, 3.8) is 0 Å². The Labute approximate surface area is 191 Å². The maximum Gasteiger partial charge on any atom is 0.276 e. The Balaban J connectivity index is 1.41. The van der Waals surface area contributed by atoms with E-state index in [2.05, 4.69) is 15.1 Å². The van der Waals surface area contributed by atoms with Crippen LogP contribution in [0.15, 0.2) is 77.6 Å². The minimum absolute atomic E-state index is 0.105. The number of hydrogen-bond acceptors (Lipinski definition) is 9. The number of carbonyl (C=O) groups excluding carboxylic acids is 2. The second-order valence-electron chi connectivity index (χ2n) is 7.79. The predicted molar refractivity (Wildman–Crippen MR) is 115 cm³/mol. The van der Waals surface area contributed by atoms with Gasteiger partial charge in [-0.15, -0.1) is 0 Å². The summed E-state index contributed by atoms with van der Waals surface area (Å²) in [6.07, 6.45) is 3.20. The summed E-state index contributed by atoms with van der Waals surface area (Å²) in [6.45, 7) is 0. The van der Waals surface area contributed by atoms with Crippen LogP contribution in [0.5, 0.6) is 0 Å². The van der Waals surface area contributed by atoms with E-state index < -0.39 is 28.8 Å². The van der Waals surface area contributed by atoms with Crippen LogP contribution in [0.1, 0.15) is 44.3 Å². The molecular weight excluding hydrogens is 440 g/mol. The number of rotatable bonds is 5. The van der Waals surface area contributed by atoms with Crippen LogP contribution in [-0.4, -0.2) is 41.9 Å². The molecule has 3 atom stereocenters. The van der Waals surface area contributed by atoms with Crippen LogP contribution >= 0.6 is 0 Å². The second kappa shape index (κ2) is 7.39. The van der Waals surface area contributed by atoms with Gasteiger partial charge in [-0.2, -0.15) is 9.99 Å². The lowest BCUT2D eigenvalue weighted by Gasteiger charge is -2.16. The Morgan fingerprint density at radius 2 is 1.71 bits per heavy atom. The summed E-state index contributed by atoms with van der Waals surface area (Å²) >= 11 is 0. The van der Waals surface area contributed by atoms with Gasteiger partial charge in [-0.1, -0.05) is 29.4 Å². The third-order valence-electron chi connectivity index (χ3n) is 5.82. The summed E-state index contributed by atoms with van der Waals surface area (Å²) < 4.78 is 5.50. The van der Waals surface area contributed by atoms with Gasteiger partial charge in [0.25, 0.3) is 17.5 Å². The number of nitro benzene ring substituents is 1. The largest absolute Gasteiger partial charge is 0.337 e. The van der Waals surface area contributed by atoms with Crippen LogP contribution in [0.4, 0.5) is 5.69 Å². The van der Waals surface area contributed by atoms with Gasteiger partial charge in [-0.3, -0.25) is 24.7 Å². The van der Waals surface area contributed by atoms with Gasteiger partial charge in [-0.05, 0) is 29.8 Å². The van der Waals surface area contributed by atoms with Gasteiger partial charge in [0.1, 0.15) is 6.04 Å². The van der Waals surface area contributed by atoms with Gasteiger partial charge in [0, 0.05) is 30.1 Å². The molecule has 0 aliphatic carbocycles. The van der Waals surface area contributed by atoms with E-state index in [0.717, 1.165) is 5.01 Å². The number of fused-ring (bicyclic) bond motifs is 1. The fraction of sp³-hybridized carbons (Fsp3) is 0.0870. The van der Waals surface area contributed by atoms with E-state index in [-0.39, 0.29) is 22.7 Å². The maximum absolute atomic E-state index is 13.1. The SMILES string of the molecule is O=C1c2ccccc2C(=O)N1N1C(c2cccc([N+](=O)[O-])c2)C1c1nc(-c2cccnc2)no1. The molecule has 2 aliphatic rings. The van der Waals surface area contributed by atoms with Crippen LogP contribution in [-0.2, 0) is 0 Å². The predicted octanol–water partition coefficient (Wildman–Crippen LogP) is 3.35. The van der Waals surface area contributed by atoms with Gasteiger partial charge in [0.15, 0.2) is 0 Å².